The molecule has 1 atom stereocenters. The second-order valence-corrected chi connectivity index (χ2v) is 4.21. The van der Waals surface area contributed by atoms with Crippen LogP contribution in [0.15, 0.2) is 22.9 Å². The zero-order valence-electron chi connectivity index (χ0n) is 9.05. The molecule has 0 radical (unpaired) electrons. The van der Waals surface area contributed by atoms with Crippen LogP contribution in [0.2, 0.25) is 0 Å². The highest BCUT2D eigenvalue weighted by atomic mass is 16.3. The van der Waals surface area contributed by atoms with E-state index in [1.807, 2.05) is 6.07 Å². The Bertz CT molecular complexity index is 517. The summed E-state index contributed by atoms with van der Waals surface area (Å²) in [5.41, 5.74) is 0.567. The summed E-state index contributed by atoms with van der Waals surface area (Å²) in [5, 5.41) is 18.5. The lowest BCUT2D eigenvalue weighted by Crippen LogP contribution is -2.33. The van der Waals surface area contributed by atoms with Crippen molar-refractivity contribution in [2.45, 2.75) is 24.9 Å². The Morgan fingerprint density at radius 1 is 1.56 bits per heavy atom. The highest BCUT2D eigenvalue weighted by molar-refractivity contribution is 5.35. The number of aliphatic hydroxyl groups is 1. The summed E-state index contributed by atoms with van der Waals surface area (Å²) in [5.74, 6) is 0.870. The molecule has 0 saturated heterocycles. The molecule has 16 heavy (non-hydrogen) atoms. The molecule has 0 bridgehead atoms. The lowest BCUT2D eigenvalue weighted by atomic mass is 9.81. The number of nitrogens with zero attached hydrogens (tertiary/aromatic N) is 3. The second kappa shape index (κ2) is 3.18. The van der Waals surface area contributed by atoms with Crippen molar-refractivity contribution in [1.82, 2.24) is 15.0 Å². The van der Waals surface area contributed by atoms with E-state index >= 15 is 0 Å². The third kappa shape index (κ3) is 1.15. The fraction of sp³-hybridized carbons (Fsp3) is 0.455. The predicted octanol–water partition coefficient (Wildman–Crippen LogP) is 0.980. The highest BCUT2D eigenvalue weighted by Gasteiger charge is 2.40. The molecule has 5 nitrogen and oxygen atoms in total. The van der Waals surface area contributed by atoms with Gasteiger partial charge in [0.15, 0.2) is 0 Å². The summed E-state index contributed by atoms with van der Waals surface area (Å²) in [6.45, 7) is 0. The van der Waals surface area contributed by atoms with Crippen molar-refractivity contribution in [3.05, 3.63) is 35.5 Å². The molecular weight excluding hydrogens is 206 g/mol. The first-order valence-corrected chi connectivity index (χ1v) is 5.36. The van der Waals surface area contributed by atoms with Crippen LogP contribution in [0.3, 0.4) is 0 Å². The molecule has 1 unspecified atom stereocenters. The van der Waals surface area contributed by atoms with Crippen LogP contribution in [0.5, 0.6) is 0 Å². The smallest absolute Gasteiger partial charge is 0.136 e. The van der Waals surface area contributed by atoms with Crippen molar-refractivity contribution in [3.63, 3.8) is 0 Å². The predicted molar refractivity (Wildman–Crippen MR) is 55.6 cm³/mol. The van der Waals surface area contributed by atoms with Crippen LogP contribution in [0.4, 0.5) is 0 Å². The average Bonchev–Trinajstić information content (AvgIpc) is 2.86. The molecule has 0 aliphatic heterocycles. The topological polar surface area (TPSA) is 64.1 Å². The Morgan fingerprint density at radius 2 is 2.44 bits per heavy atom. The molecule has 0 aromatic carbocycles. The highest BCUT2D eigenvalue weighted by Crippen LogP contribution is 2.40. The number of furan rings is 1. The average molecular weight is 219 g/mol. The Kier molecular flexibility index (Phi) is 1.91. The van der Waals surface area contributed by atoms with E-state index in [-0.39, 0.29) is 0 Å². The van der Waals surface area contributed by atoms with Gasteiger partial charge in [-0.3, -0.25) is 0 Å². The summed E-state index contributed by atoms with van der Waals surface area (Å²) in [4.78, 5) is 0. The van der Waals surface area contributed by atoms with Gasteiger partial charge < -0.3 is 9.52 Å². The van der Waals surface area contributed by atoms with E-state index in [2.05, 4.69) is 10.3 Å². The molecule has 1 N–H and O–H groups in total. The molecule has 0 spiro atoms. The zero-order valence-corrected chi connectivity index (χ0v) is 9.05. The van der Waals surface area contributed by atoms with Gasteiger partial charge in [0, 0.05) is 19.0 Å². The Hall–Kier alpha value is -1.62. The Labute approximate surface area is 92.7 Å². The van der Waals surface area contributed by atoms with Gasteiger partial charge in [-0.1, -0.05) is 5.21 Å². The molecule has 1 aliphatic carbocycles. The number of aryl methyl sites for hydroxylation is 2. The van der Waals surface area contributed by atoms with E-state index in [0.717, 1.165) is 29.9 Å². The number of rotatable bonds is 1. The number of aromatic nitrogens is 3. The standard InChI is InChI=1S/C11H13N3O2/c1-14-10(7-12-13-14)11(15)5-2-3-9-8(11)4-6-16-9/h4,6-7,15H,2-3,5H2,1H3. The lowest BCUT2D eigenvalue weighted by molar-refractivity contribution is 0.0507. The quantitative estimate of drug-likeness (QED) is 0.776. The number of hydrogen-bond donors (Lipinski definition) is 1. The van der Waals surface area contributed by atoms with Crippen molar-refractivity contribution in [2.75, 3.05) is 0 Å². The van der Waals surface area contributed by atoms with Gasteiger partial charge in [-0.25, -0.2) is 4.68 Å². The molecule has 0 saturated carbocycles. The van der Waals surface area contributed by atoms with E-state index in [9.17, 15) is 5.11 Å². The molecule has 2 heterocycles. The molecule has 0 amide bonds. The van der Waals surface area contributed by atoms with Crippen LogP contribution < -0.4 is 0 Å². The van der Waals surface area contributed by atoms with Crippen molar-refractivity contribution in [1.29, 1.82) is 0 Å². The molecule has 0 fully saturated rings. The SMILES string of the molecule is Cn1nncc1C1(O)CCCc2occc21. The van der Waals surface area contributed by atoms with Gasteiger partial charge in [0.05, 0.1) is 18.2 Å². The van der Waals surface area contributed by atoms with Gasteiger partial charge in [0.1, 0.15) is 11.4 Å². The maximum atomic E-state index is 10.8. The maximum Gasteiger partial charge on any atom is 0.136 e. The largest absolute Gasteiger partial charge is 0.469 e. The fourth-order valence-corrected chi connectivity index (χ4v) is 2.47. The van der Waals surface area contributed by atoms with Crippen LogP contribution in [0.1, 0.15) is 29.9 Å². The third-order valence-electron chi connectivity index (χ3n) is 3.27. The van der Waals surface area contributed by atoms with Gasteiger partial charge in [-0.2, -0.15) is 0 Å². The minimum Gasteiger partial charge on any atom is -0.469 e. The zero-order chi connectivity index (χ0) is 11.2. The van der Waals surface area contributed by atoms with Crippen LogP contribution in [-0.2, 0) is 19.1 Å². The van der Waals surface area contributed by atoms with Crippen LogP contribution in [0.25, 0.3) is 0 Å². The summed E-state index contributed by atoms with van der Waals surface area (Å²) < 4.78 is 6.99. The van der Waals surface area contributed by atoms with Crippen molar-refractivity contribution >= 4 is 0 Å². The van der Waals surface area contributed by atoms with Crippen molar-refractivity contribution in [2.24, 2.45) is 7.05 Å². The first-order chi connectivity index (χ1) is 7.72. The van der Waals surface area contributed by atoms with E-state index in [4.69, 9.17) is 4.42 Å². The molecule has 3 rings (SSSR count). The fourth-order valence-electron chi connectivity index (χ4n) is 2.47. The number of fused-ring (bicyclic) bond motifs is 1. The van der Waals surface area contributed by atoms with Gasteiger partial charge in [0.2, 0.25) is 0 Å². The van der Waals surface area contributed by atoms with Crippen molar-refractivity contribution in [3.8, 4) is 0 Å². The van der Waals surface area contributed by atoms with E-state index in [0.29, 0.717) is 6.42 Å². The lowest BCUT2D eigenvalue weighted by Gasteiger charge is -2.31. The first kappa shape index (κ1) is 9.59. The summed E-state index contributed by atoms with van der Waals surface area (Å²) in [6.07, 6.45) is 5.71. The third-order valence-corrected chi connectivity index (χ3v) is 3.27. The molecule has 2 aromatic rings. The molecule has 2 aromatic heterocycles. The molecule has 84 valence electrons. The van der Waals surface area contributed by atoms with Gasteiger partial charge in [-0.05, 0) is 18.9 Å². The van der Waals surface area contributed by atoms with Gasteiger partial charge >= 0.3 is 0 Å². The first-order valence-electron chi connectivity index (χ1n) is 5.36. The summed E-state index contributed by atoms with van der Waals surface area (Å²) in [7, 11) is 1.79. The summed E-state index contributed by atoms with van der Waals surface area (Å²) >= 11 is 0. The maximum absolute atomic E-state index is 10.8. The van der Waals surface area contributed by atoms with E-state index < -0.39 is 5.60 Å². The monoisotopic (exact) mass is 219 g/mol. The van der Waals surface area contributed by atoms with Crippen LogP contribution in [0, 0.1) is 0 Å². The molecular formula is C11H13N3O2. The van der Waals surface area contributed by atoms with Crippen molar-refractivity contribution < 1.29 is 9.52 Å². The molecule has 1 aliphatic rings. The van der Waals surface area contributed by atoms with Gasteiger partial charge in [-0.15, -0.1) is 5.10 Å². The normalized spacial score (nSPS) is 24.4. The van der Waals surface area contributed by atoms with Gasteiger partial charge in [0.25, 0.3) is 0 Å². The van der Waals surface area contributed by atoms with E-state index in [1.54, 1.807) is 24.2 Å². The van der Waals surface area contributed by atoms with Crippen LogP contribution in [-0.4, -0.2) is 20.1 Å². The Balaban J connectivity index is 2.18. The second-order valence-electron chi connectivity index (χ2n) is 4.21. The van der Waals surface area contributed by atoms with Crippen LogP contribution >= 0.6 is 0 Å². The molecule has 5 heteroatoms. The minimum absolute atomic E-state index is 0.681. The Morgan fingerprint density at radius 3 is 3.19 bits per heavy atom. The summed E-state index contributed by atoms with van der Waals surface area (Å²) in [6, 6.07) is 1.83. The van der Waals surface area contributed by atoms with E-state index in [1.165, 1.54) is 0 Å². The minimum atomic E-state index is -1.00. The number of hydrogen-bond acceptors (Lipinski definition) is 4.